The molecule has 60 valence electrons. The van der Waals surface area contributed by atoms with Crippen molar-refractivity contribution in [1.82, 2.24) is 0 Å². The Morgan fingerprint density at radius 3 is 2.40 bits per heavy atom. The lowest BCUT2D eigenvalue weighted by Gasteiger charge is -1.96. The van der Waals surface area contributed by atoms with E-state index in [1.165, 1.54) is 6.92 Å². The summed E-state index contributed by atoms with van der Waals surface area (Å²) >= 11 is 0. The minimum Gasteiger partial charge on any atom is -0.411 e. The summed E-state index contributed by atoms with van der Waals surface area (Å²) in [6.45, 7) is 3.02. The van der Waals surface area contributed by atoms with Crippen LogP contribution < -0.4 is 0 Å². The van der Waals surface area contributed by atoms with Crippen molar-refractivity contribution in [3.05, 3.63) is 0 Å². The Morgan fingerprint density at radius 2 is 2.10 bits per heavy atom. The Bertz CT molecular complexity index is 217. The topological polar surface area (TPSA) is 66.7 Å². The normalized spacial score (nSPS) is 13.6. The summed E-state index contributed by atoms with van der Waals surface area (Å²) in [5.74, 6) is -0.0696. The summed E-state index contributed by atoms with van der Waals surface area (Å²) in [7, 11) is -3.02. The van der Waals surface area contributed by atoms with E-state index in [9.17, 15) is 8.42 Å². The number of rotatable bonds is 3. The summed E-state index contributed by atoms with van der Waals surface area (Å²) < 4.78 is 21.6. The van der Waals surface area contributed by atoms with Crippen LogP contribution in [-0.2, 0) is 9.84 Å². The van der Waals surface area contributed by atoms with Gasteiger partial charge in [0.15, 0.2) is 9.84 Å². The van der Waals surface area contributed by atoms with E-state index in [4.69, 9.17) is 5.21 Å². The average Bonchev–Trinajstić information content (AvgIpc) is 1.87. The Labute approximate surface area is 60.5 Å². The van der Waals surface area contributed by atoms with Gasteiger partial charge in [-0.3, -0.25) is 0 Å². The quantitative estimate of drug-likeness (QED) is 0.371. The molecule has 0 bridgehead atoms. The van der Waals surface area contributed by atoms with E-state index in [1.807, 2.05) is 0 Å². The molecule has 0 atom stereocenters. The average molecular weight is 165 g/mol. The van der Waals surface area contributed by atoms with Crippen molar-refractivity contribution in [2.75, 3.05) is 11.5 Å². The van der Waals surface area contributed by atoms with E-state index in [2.05, 4.69) is 5.16 Å². The summed E-state index contributed by atoms with van der Waals surface area (Å²) in [5, 5.41) is 10.9. The van der Waals surface area contributed by atoms with Gasteiger partial charge in [0.25, 0.3) is 0 Å². The summed E-state index contributed by atoms with van der Waals surface area (Å²) in [6.07, 6.45) is 0. The highest BCUT2D eigenvalue weighted by Gasteiger charge is 2.08. The fourth-order valence-electron chi connectivity index (χ4n) is 0.449. The number of sulfone groups is 1. The second kappa shape index (κ2) is 3.55. The first-order chi connectivity index (χ1) is 4.52. The monoisotopic (exact) mass is 165 g/mol. The highest BCUT2D eigenvalue weighted by atomic mass is 32.2. The first kappa shape index (κ1) is 9.42. The predicted octanol–water partition coefficient (Wildman–Crippen LogP) is 0.271. The van der Waals surface area contributed by atoms with E-state index in [-0.39, 0.29) is 17.2 Å². The Hall–Kier alpha value is -0.580. The molecular weight excluding hydrogens is 154 g/mol. The minimum atomic E-state index is -3.02. The molecule has 0 aromatic carbocycles. The zero-order chi connectivity index (χ0) is 8.20. The lowest BCUT2D eigenvalue weighted by molar-refractivity contribution is 0.318. The highest BCUT2D eigenvalue weighted by molar-refractivity contribution is 7.92. The van der Waals surface area contributed by atoms with E-state index < -0.39 is 9.84 Å². The van der Waals surface area contributed by atoms with Crippen molar-refractivity contribution in [3.63, 3.8) is 0 Å². The summed E-state index contributed by atoms with van der Waals surface area (Å²) in [4.78, 5) is 0. The first-order valence-electron chi connectivity index (χ1n) is 2.89. The second-order valence-corrected chi connectivity index (χ2v) is 4.37. The van der Waals surface area contributed by atoms with Crippen molar-refractivity contribution in [1.29, 1.82) is 0 Å². The van der Waals surface area contributed by atoms with Crippen LogP contribution in [-0.4, -0.2) is 30.8 Å². The van der Waals surface area contributed by atoms with E-state index in [1.54, 1.807) is 6.92 Å². The summed E-state index contributed by atoms with van der Waals surface area (Å²) in [6, 6.07) is 0. The van der Waals surface area contributed by atoms with Gasteiger partial charge in [-0.1, -0.05) is 12.1 Å². The van der Waals surface area contributed by atoms with Gasteiger partial charge >= 0.3 is 0 Å². The SMILES string of the molecule is CCS(=O)(=O)C/C(C)=N\O. The zero-order valence-corrected chi connectivity index (χ0v) is 6.85. The van der Waals surface area contributed by atoms with Gasteiger partial charge in [0, 0.05) is 5.75 Å². The van der Waals surface area contributed by atoms with Crippen LogP contribution in [0.1, 0.15) is 13.8 Å². The molecule has 5 heteroatoms. The van der Waals surface area contributed by atoms with Gasteiger partial charge in [-0.2, -0.15) is 0 Å². The molecule has 0 heterocycles. The van der Waals surface area contributed by atoms with Crippen molar-refractivity contribution in [2.45, 2.75) is 13.8 Å². The predicted molar refractivity (Wildman–Crippen MR) is 39.2 cm³/mol. The number of oxime groups is 1. The van der Waals surface area contributed by atoms with Crippen molar-refractivity contribution in [2.24, 2.45) is 5.16 Å². The molecule has 0 rings (SSSR count). The Morgan fingerprint density at radius 1 is 1.60 bits per heavy atom. The van der Waals surface area contributed by atoms with Crippen LogP contribution in [0.5, 0.6) is 0 Å². The van der Waals surface area contributed by atoms with E-state index in [0.717, 1.165) is 0 Å². The van der Waals surface area contributed by atoms with Crippen molar-refractivity contribution >= 4 is 15.5 Å². The number of hydrogen-bond donors (Lipinski definition) is 1. The molecule has 0 aromatic heterocycles. The smallest absolute Gasteiger partial charge is 0.155 e. The maximum absolute atomic E-state index is 10.8. The maximum atomic E-state index is 10.8. The third kappa shape index (κ3) is 3.45. The van der Waals surface area contributed by atoms with Crippen LogP contribution in [0.15, 0.2) is 5.16 Å². The summed E-state index contributed by atoms with van der Waals surface area (Å²) in [5.41, 5.74) is 0.224. The maximum Gasteiger partial charge on any atom is 0.155 e. The molecule has 0 amide bonds. The molecule has 0 saturated heterocycles. The fourth-order valence-corrected chi connectivity index (χ4v) is 1.35. The number of nitrogens with zero attached hydrogens (tertiary/aromatic N) is 1. The molecule has 0 aliphatic rings. The molecule has 4 nitrogen and oxygen atoms in total. The Balaban J connectivity index is 4.17. The highest BCUT2D eigenvalue weighted by Crippen LogP contribution is 1.90. The van der Waals surface area contributed by atoms with Gasteiger partial charge in [-0.05, 0) is 6.92 Å². The molecular formula is C5H11NO3S. The molecule has 1 N–H and O–H groups in total. The van der Waals surface area contributed by atoms with Gasteiger partial charge in [0.1, 0.15) is 0 Å². The lowest BCUT2D eigenvalue weighted by atomic mass is 10.5. The second-order valence-electron chi connectivity index (χ2n) is 2.01. The molecule has 0 aliphatic carbocycles. The van der Waals surface area contributed by atoms with Gasteiger partial charge in [0.2, 0.25) is 0 Å². The van der Waals surface area contributed by atoms with Crippen LogP contribution in [0.4, 0.5) is 0 Å². The van der Waals surface area contributed by atoms with Gasteiger partial charge < -0.3 is 5.21 Å². The molecule has 0 saturated carbocycles. The third-order valence-corrected chi connectivity index (χ3v) is 2.78. The van der Waals surface area contributed by atoms with Gasteiger partial charge in [0.05, 0.1) is 11.5 Å². The van der Waals surface area contributed by atoms with Crippen LogP contribution >= 0.6 is 0 Å². The van der Waals surface area contributed by atoms with Crippen LogP contribution in [0.3, 0.4) is 0 Å². The largest absolute Gasteiger partial charge is 0.411 e. The van der Waals surface area contributed by atoms with Gasteiger partial charge in [-0.25, -0.2) is 8.42 Å². The molecule has 0 unspecified atom stereocenters. The third-order valence-electron chi connectivity index (χ3n) is 1.04. The molecule has 0 fully saturated rings. The van der Waals surface area contributed by atoms with E-state index >= 15 is 0 Å². The van der Waals surface area contributed by atoms with Crippen LogP contribution in [0, 0.1) is 0 Å². The van der Waals surface area contributed by atoms with Crippen LogP contribution in [0.2, 0.25) is 0 Å². The van der Waals surface area contributed by atoms with Crippen LogP contribution in [0.25, 0.3) is 0 Å². The van der Waals surface area contributed by atoms with Crippen molar-refractivity contribution < 1.29 is 13.6 Å². The van der Waals surface area contributed by atoms with Gasteiger partial charge in [-0.15, -0.1) is 0 Å². The van der Waals surface area contributed by atoms with Crippen molar-refractivity contribution in [3.8, 4) is 0 Å². The number of hydrogen-bond acceptors (Lipinski definition) is 4. The fraction of sp³-hybridized carbons (Fsp3) is 0.800. The molecule has 0 aliphatic heterocycles. The molecule has 0 spiro atoms. The minimum absolute atomic E-state index is 0.0832. The molecule has 0 aromatic rings. The molecule has 0 radical (unpaired) electrons. The molecule has 10 heavy (non-hydrogen) atoms. The zero-order valence-electron chi connectivity index (χ0n) is 6.03. The lowest BCUT2D eigenvalue weighted by Crippen LogP contribution is -2.15. The standard InChI is InChI=1S/C5H11NO3S/c1-3-10(8,9)4-5(2)6-7/h7H,3-4H2,1-2H3/b6-5-. The first-order valence-corrected chi connectivity index (χ1v) is 4.72. The van der Waals surface area contributed by atoms with E-state index in [0.29, 0.717) is 0 Å². The Kier molecular flexibility index (Phi) is 3.35.